The van der Waals surface area contributed by atoms with Crippen LogP contribution in [-0.2, 0) is 5.75 Å². The van der Waals surface area contributed by atoms with Gasteiger partial charge in [-0.2, -0.15) is 0 Å². The third-order valence-corrected chi connectivity index (χ3v) is 4.32. The molecule has 0 aliphatic carbocycles. The second kappa shape index (κ2) is 6.62. The summed E-state index contributed by atoms with van der Waals surface area (Å²) in [6.45, 7) is 2.79. The van der Waals surface area contributed by atoms with Crippen LogP contribution >= 0.6 is 11.8 Å². The highest BCUT2D eigenvalue weighted by atomic mass is 32.2. The van der Waals surface area contributed by atoms with Gasteiger partial charge >= 0.3 is 0 Å². The Labute approximate surface area is 113 Å². The maximum atomic E-state index is 5.89. The fraction of sp³-hybridized carbons (Fsp3) is 0.250. The van der Waals surface area contributed by atoms with E-state index in [1.165, 1.54) is 16.7 Å². The number of benzene rings is 2. The second-order valence-electron chi connectivity index (χ2n) is 4.43. The quantitative estimate of drug-likeness (QED) is 0.878. The van der Waals surface area contributed by atoms with Crippen LogP contribution in [0.1, 0.15) is 21.9 Å². The van der Waals surface area contributed by atoms with E-state index in [4.69, 9.17) is 5.73 Å². The Balaban J connectivity index is 1.99. The van der Waals surface area contributed by atoms with Gasteiger partial charge in [0, 0.05) is 17.5 Å². The lowest BCUT2D eigenvalue weighted by molar-refractivity contribution is 0.939. The minimum atomic E-state index is 0.380. The number of nitrogens with two attached hydrogens (primary N) is 1. The summed E-state index contributed by atoms with van der Waals surface area (Å²) in [7, 11) is 0. The lowest BCUT2D eigenvalue weighted by Gasteiger charge is -2.15. The van der Waals surface area contributed by atoms with E-state index in [1.807, 2.05) is 11.8 Å². The molecular weight excluding hydrogens is 238 g/mol. The van der Waals surface area contributed by atoms with Gasteiger partial charge in [0.1, 0.15) is 0 Å². The Morgan fingerprint density at radius 3 is 2.28 bits per heavy atom. The predicted octanol–water partition coefficient (Wildman–Crippen LogP) is 3.93. The van der Waals surface area contributed by atoms with E-state index in [0.717, 1.165) is 5.75 Å². The highest BCUT2D eigenvalue weighted by molar-refractivity contribution is 7.98. The molecule has 2 N–H and O–H groups in total. The van der Waals surface area contributed by atoms with Crippen LogP contribution < -0.4 is 5.73 Å². The van der Waals surface area contributed by atoms with Crippen molar-refractivity contribution in [3.63, 3.8) is 0 Å². The van der Waals surface area contributed by atoms with Gasteiger partial charge in [0.25, 0.3) is 0 Å². The minimum absolute atomic E-state index is 0.380. The van der Waals surface area contributed by atoms with E-state index in [-0.39, 0.29) is 0 Å². The van der Waals surface area contributed by atoms with Crippen LogP contribution in [0.25, 0.3) is 0 Å². The summed E-state index contributed by atoms with van der Waals surface area (Å²) >= 11 is 1.91. The average molecular weight is 257 g/mol. The molecule has 0 bridgehead atoms. The number of thioether (sulfide) groups is 1. The summed E-state index contributed by atoms with van der Waals surface area (Å²) < 4.78 is 0. The fourth-order valence-electron chi connectivity index (χ4n) is 1.85. The molecule has 94 valence electrons. The number of rotatable bonds is 5. The smallest absolute Gasteiger partial charge is 0.0422 e. The molecular formula is C16H19NS. The lowest BCUT2D eigenvalue weighted by Crippen LogP contribution is -2.09. The molecule has 2 heteroatoms. The molecule has 0 amide bonds. The van der Waals surface area contributed by atoms with Gasteiger partial charge in [-0.15, -0.1) is 11.8 Å². The Hall–Kier alpha value is -1.25. The van der Waals surface area contributed by atoms with Crippen LogP contribution in [0.4, 0.5) is 0 Å². The maximum Gasteiger partial charge on any atom is 0.0422 e. The predicted molar refractivity (Wildman–Crippen MR) is 80.7 cm³/mol. The lowest BCUT2D eigenvalue weighted by atomic mass is 10.1. The van der Waals surface area contributed by atoms with Crippen LogP contribution in [-0.4, -0.2) is 6.54 Å². The molecule has 0 spiro atoms. The summed E-state index contributed by atoms with van der Waals surface area (Å²) in [5.74, 6) is 1.01. The van der Waals surface area contributed by atoms with Gasteiger partial charge in [0.2, 0.25) is 0 Å². The molecule has 0 saturated heterocycles. The summed E-state index contributed by atoms with van der Waals surface area (Å²) in [4.78, 5) is 0. The van der Waals surface area contributed by atoms with E-state index >= 15 is 0 Å². The summed E-state index contributed by atoms with van der Waals surface area (Å²) in [5, 5.41) is 0.380. The first kappa shape index (κ1) is 13.2. The van der Waals surface area contributed by atoms with Gasteiger partial charge in [-0.3, -0.25) is 0 Å². The molecule has 0 radical (unpaired) electrons. The van der Waals surface area contributed by atoms with Gasteiger partial charge in [0.15, 0.2) is 0 Å². The molecule has 0 aliphatic rings. The molecule has 0 saturated carbocycles. The van der Waals surface area contributed by atoms with Crippen molar-refractivity contribution in [3.8, 4) is 0 Å². The van der Waals surface area contributed by atoms with Gasteiger partial charge in [0.05, 0.1) is 0 Å². The van der Waals surface area contributed by atoms with Crippen molar-refractivity contribution in [3.05, 3.63) is 71.3 Å². The average Bonchev–Trinajstić information content (AvgIpc) is 2.42. The van der Waals surface area contributed by atoms with Crippen molar-refractivity contribution in [2.45, 2.75) is 17.9 Å². The molecule has 0 aliphatic heterocycles. The first-order valence-corrected chi connectivity index (χ1v) is 7.26. The zero-order valence-electron chi connectivity index (χ0n) is 10.7. The molecule has 0 heterocycles. The molecule has 2 aromatic rings. The number of hydrogen-bond donors (Lipinski definition) is 1. The van der Waals surface area contributed by atoms with E-state index < -0.39 is 0 Å². The molecule has 1 nitrogen and oxygen atoms in total. The van der Waals surface area contributed by atoms with Crippen molar-refractivity contribution in [2.24, 2.45) is 5.73 Å². The fourth-order valence-corrected chi connectivity index (χ4v) is 2.92. The van der Waals surface area contributed by atoms with Crippen molar-refractivity contribution in [2.75, 3.05) is 6.54 Å². The minimum Gasteiger partial charge on any atom is -0.329 e. The second-order valence-corrected chi connectivity index (χ2v) is 5.62. The van der Waals surface area contributed by atoms with Gasteiger partial charge in [-0.25, -0.2) is 0 Å². The normalized spacial score (nSPS) is 12.3. The third-order valence-electron chi connectivity index (χ3n) is 2.96. The maximum absolute atomic E-state index is 5.89. The molecule has 18 heavy (non-hydrogen) atoms. The van der Waals surface area contributed by atoms with E-state index in [2.05, 4.69) is 61.5 Å². The highest BCUT2D eigenvalue weighted by Crippen LogP contribution is 2.30. The zero-order chi connectivity index (χ0) is 12.8. The van der Waals surface area contributed by atoms with Gasteiger partial charge < -0.3 is 5.73 Å². The van der Waals surface area contributed by atoms with Gasteiger partial charge in [-0.05, 0) is 18.1 Å². The number of hydrogen-bond acceptors (Lipinski definition) is 2. The SMILES string of the molecule is Cc1ccc(C(CN)SCc2ccccc2)cc1. The van der Waals surface area contributed by atoms with Crippen molar-refractivity contribution in [1.82, 2.24) is 0 Å². The zero-order valence-corrected chi connectivity index (χ0v) is 11.5. The van der Waals surface area contributed by atoms with E-state index in [1.54, 1.807) is 0 Å². The molecule has 0 aromatic heterocycles. The molecule has 1 unspecified atom stereocenters. The summed E-state index contributed by atoms with van der Waals surface area (Å²) in [6.07, 6.45) is 0. The Kier molecular flexibility index (Phi) is 4.85. The first-order chi connectivity index (χ1) is 8.79. The molecule has 2 rings (SSSR count). The highest BCUT2D eigenvalue weighted by Gasteiger charge is 2.09. The monoisotopic (exact) mass is 257 g/mol. The summed E-state index contributed by atoms with van der Waals surface area (Å²) in [6, 6.07) is 19.2. The van der Waals surface area contributed by atoms with Crippen molar-refractivity contribution in [1.29, 1.82) is 0 Å². The molecule has 2 aromatic carbocycles. The number of aryl methyl sites for hydroxylation is 1. The van der Waals surface area contributed by atoms with Crippen LogP contribution in [0, 0.1) is 6.92 Å². The first-order valence-electron chi connectivity index (χ1n) is 6.22. The standard InChI is InChI=1S/C16H19NS/c1-13-7-9-15(10-8-13)16(11-17)18-12-14-5-3-2-4-6-14/h2-10,16H,11-12,17H2,1H3. The van der Waals surface area contributed by atoms with E-state index in [0.29, 0.717) is 11.8 Å². The van der Waals surface area contributed by atoms with Crippen LogP contribution in [0.15, 0.2) is 54.6 Å². The van der Waals surface area contributed by atoms with Crippen LogP contribution in [0.2, 0.25) is 0 Å². The van der Waals surface area contributed by atoms with Crippen LogP contribution in [0.5, 0.6) is 0 Å². The molecule has 1 atom stereocenters. The molecule has 0 fully saturated rings. The van der Waals surface area contributed by atoms with Gasteiger partial charge in [-0.1, -0.05) is 60.2 Å². The van der Waals surface area contributed by atoms with Crippen molar-refractivity contribution < 1.29 is 0 Å². The Bertz CT molecular complexity index is 464. The Morgan fingerprint density at radius 2 is 1.67 bits per heavy atom. The largest absolute Gasteiger partial charge is 0.329 e. The van der Waals surface area contributed by atoms with Crippen molar-refractivity contribution >= 4 is 11.8 Å². The topological polar surface area (TPSA) is 26.0 Å². The summed E-state index contributed by atoms with van der Waals surface area (Å²) in [5.41, 5.74) is 9.86. The third kappa shape index (κ3) is 3.62. The van der Waals surface area contributed by atoms with E-state index in [9.17, 15) is 0 Å². The van der Waals surface area contributed by atoms with Crippen LogP contribution in [0.3, 0.4) is 0 Å². The Morgan fingerprint density at radius 1 is 1.00 bits per heavy atom.